The molecule has 3 heterocycles. The average molecular weight is 331 g/mol. The number of aromatic amines is 1. The Hall–Kier alpha value is -1.29. The van der Waals surface area contributed by atoms with Gasteiger partial charge in [-0.3, -0.25) is 14.3 Å². The van der Waals surface area contributed by atoms with Crippen LogP contribution in [-0.2, 0) is 4.74 Å². The molecule has 0 bridgehead atoms. The highest BCUT2D eigenvalue weighted by Crippen LogP contribution is 2.30. The maximum atomic E-state index is 11.7. The number of hydrogen-bond acceptors (Lipinski definition) is 6. The zero-order valence-electron chi connectivity index (χ0n) is 9.65. The van der Waals surface area contributed by atoms with E-state index in [1.54, 1.807) is 4.57 Å². The number of aliphatic hydroxyl groups is 2. The van der Waals surface area contributed by atoms with Gasteiger partial charge in [-0.1, -0.05) is 0 Å². The van der Waals surface area contributed by atoms with Gasteiger partial charge in [-0.2, -0.15) is 0 Å². The molecule has 2 aromatic heterocycles. The van der Waals surface area contributed by atoms with E-state index in [1.807, 2.05) is 0 Å². The number of aromatic nitrogens is 4. The van der Waals surface area contributed by atoms with E-state index in [1.165, 1.54) is 6.33 Å². The van der Waals surface area contributed by atoms with Crippen molar-refractivity contribution in [3.05, 3.63) is 21.4 Å². The number of nitrogens with one attached hydrogen (secondary N) is 1. The molecule has 0 radical (unpaired) electrons. The Morgan fingerprint density at radius 3 is 3.11 bits per heavy atom. The summed E-state index contributed by atoms with van der Waals surface area (Å²) in [4.78, 5) is 22.3. The first-order chi connectivity index (χ1) is 9.10. The summed E-state index contributed by atoms with van der Waals surface area (Å²) < 4.78 is 7.38. The van der Waals surface area contributed by atoms with E-state index in [-0.39, 0.29) is 17.7 Å². The van der Waals surface area contributed by atoms with E-state index in [4.69, 9.17) is 9.84 Å². The van der Waals surface area contributed by atoms with Crippen molar-refractivity contribution >= 4 is 27.1 Å². The van der Waals surface area contributed by atoms with Gasteiger partial charge in [0.25, 0.3) is 5.56 Å². The molecular formula is C10H11BrN4O4. The van der Waals surface area contributed by atoms with Crippen LogP contribution in [-0.4, -0.2) is 48.5 Å². The first kappa shape index (κ1) is 12.7. The van der Waals surface area contributed by atoms with Crippen LogP contribution in [0.25, 0.3) is 11.2 Å². The van der Waals surface area contributed by atoms with Crippen LogP contribution in [0.15, 0.2) is 15.9 Å². The second-order valence-electron chi connectivity index (χ2n) is 4.30. The summed E-state index contributed by atoms with van der Waals surface area (Å²) in [6.07, 6.45) is -0.136. The summed E-state index contributed by atoms with van der Waals surface area (Å²) in [5.74, 6) is 0. The molecule has 1 aliphatic heterocycles. The molecule has 0 saturated carbocycles. The van der Waals surface area contributed by atoms with Crippen molar-refractivity contribution in [1.29, 1.82) is 0 Å². The lowest BCUT2D eigenvalue weighted by molar-refractivity contribution is -0.0432. The van der Waals surface area contributed by atoms with Crippen molar-refractivity contribution < 1.29 is 14.9 Å². The van der Waals surface area contributed by atoms with Gasteiger partial charge in [-0.05, 0) is 15.9 Å². The summed E-state index contributed by atoms with van der Waals surface area (Å²) in [7, 11) is 0. The molecule has 2 aromatic rings. The molecule has 0 aromatic carbocycles. The molecule has 3 atom stereocenters. The fourth-order valence-corrected chi connectivity index (χ4v) is 2.51. The minimum atomic E-state index is -0.752. The Kier molecular flexibility index (Phi) is 3.13. The van der Waals surface area contributed by atoms with Crippen molar-refractivity contribution in [2.45, 2.75) is 24.9 Å². The summed E-state index contributed by atoms with van der Waals surface area (Å²) in [5, 5.41) is 18.8. The zero-order valence-corrected chi connectivity index (χ0v) is 11.2. The van der Waals surface area contributed by atoms with Crippen molar-refractivity contribution in [3.8, 4) is 0 Å². The molecule has 1 saturated heterocycles. The molecule has 19 heavy (non-hydrogen) atoms. The van der Waals surface area contributed by atoms with Crippen LogP contribution in [0, 0.1) is 0 Å². The number of halogens is 1. The van der Waals surface area contributed by atoms with E-state index >= 15 is 0 Å². The standard InChI is InChI=1S/C10H11BrN4O4/c11-10-13-8-7(9(18)14-10)12-3-15(8)6-1-4(17)5(2-16)19-6/h3-6,16-17H,1-2H2,(H,13,14,18)/t4-,5+,6+/m0/s1. The van der Waals surface area contributed by atoms with Gasteiger partial charge in [0, 0.05) is 6.42 Å². The average Bonchev–Trinajstić information content (AvgIpc) is 2.92. The molecule has 0 aliphatic carbocycles. The Morgan fingerprint density at radius 1 is 1.63 bits per heavy atom. The van der Waals surface area contributed by atoms with E-state index in [2.05, 4.69) is 30.9 Å². The first-order valence-electron chi connectivity index (χ1n) is 5.67. The summed E-state index contributed by atoms with van der Waals surface area (Å²) in [6, 6.07) is 0. The normalized spacial score (nSPS) is 27.2. The highest BCUT2D eigenvalue weighted by Gasteiger charge is 2.35. The number of hydrogen-bond donors (Lipinski definition) is 3. The Balaban J connectivity index is 2.05. The molecule has 102 valence electrons. The van der Waals surface area contributed by atoms with Gasteiger partial charge in [0.15, 0.2) is 15.9 Å². The monoisotopic (exact) mass is 330 g/mol. The van der Waals surface area contributed by atoms with Crippen LogP contribution in [0.4, 0.5) is 0 Å². The molecule has 1 aliphatic rings. The number of H-pyrrole nitrogens is 1. The number of rotatable bonds is 2. The van der Waals surface area contributed by atoms with E-state index in [9.17, 15) is 9.90 Å². The second-order valence-corrected chi connectivity index (χ2v) is 5.05. The van der Waals surface area contributed by atoms with Gasteiger partial charge in [0.2, 0.25) is 0 Å². The number of ether oxygens (including phenoxy) is 1. The van der Waals surface area contributed by atoms with Crippen LogP contribution in [0.3, 0.4) is 0 Å². The Bertz CT molecular complexity index is 669. The van der Waals surface area contributed by atoms with Gasteiger partial charge in [-0.15, -0.1) is 0 Å². The molecule has 3 rings (SSSR count). The summed E-state index contributed by atoms with van der Waals surface area (Å²) >= 11 is 3.11. The van der Waals surface area contributed by atoms with E-state index < -0.39 is 18.4 Å². The molecular weight excluding hydrogens is 320 g/mol. The van der Waals surface area contributed by atoms with Crippen molar-refractivity contribution in [2.24, 2.45) is 0 Å². The number of aliphatic hydroxyl groups excluding tert-OH is 2. The van der Waals surface area contributed by atoms with Crippen molar-refractivity contribution in [3.63, 3.8) is 0 Å². The van der Waals surface area contributed by atoms with Crippen molar-refractivity contribution in [2.75, 3.05) is 6.61 Å². The van der Waals surface area contributed by atoms with Crippen molar-refractivity contribution in [1.82, 2.24) is 19.5 Å². The van der Waals surface area contributed by atoms with Crippen LogP contribution >= 0.6 is 15.9 Å². The van der Waals surface area contributed by atoms with Gasteiger partial charge >= 0.3 is 0 Å². The van der Waals surface area contributed by atoms with E-state index in [0.717, 1.165) is 0 Å². The lowest BCUT2D eigenvalue weighted by atomic mass is 10.2. The molecule has 3 N–H and O–H groups in total. The largest absolute Gasteiger partial charge is 0.394 e. The number of nitrogens with zero attached hydrogens (tertiary/aromatic N) is 3. The summed E-state index contributed by atoms with van der Waals surface area (Å²) in [5.41, 5.74) is 0.216. The van der Waals surface area contributed by atoms with Crippen LogP contribution in [0.5, 0.6) is 0 Å². The number of fused-ring (bicyclic) bond motifs is 1. The quantitative estimate of drug-likeness (QED) is 0.641. The van der Waals surface area contributed by atoms with Gasteiger partial charge in [0.05, 0.1) is 19.0 Å². The maximum absolute atomic E-state index is 11.7. The lowest BCUT2D eigenvalue weighted by Gasteiger charge is -2.13. The van der Waals surface area contributed by atoms with Crippen LogP contribution < -0.4 is 5.56 Å². The topological polar surface area (TPSA) is 113 Å². The molecule has 1 fully saturated rings. The van der Waals surface area contributed by atoms with Gasteiger partial charge in [0.1, 0.15) is 12.3 Å². The molecule has 0 unspecified atom stereocenters. The third-order valence-electron chi connectivity index (χ3n) is 3.10. The highest BCUT2D eigenvalue weighted by atomic mass is 79.9. The molecule has 9 heteroatoms. The smallest absolute Gasteiger partial charge is 0.279 e. The van der Waals surface area contributed by atoms with Gasteiger partial charge in [-0.25, -0.2) is 9.97 Å². The second kappa shape index (κ2) is 4.67. The van der Waals surface area contributed by atoms with E-state index in [0.29, 0.717) is 16.8 Å². The molecule has 0 spiro atoms. The molecule has 8 nitrogen and oxygen atoms in total. The maximum Gasteiger partial charge on any atom is 0.279 e. The third kappa shape index (κ3) is 2.08. The van der Waals surface area contributed by atoms with Gasteiger partial charge < -0.3 is 14.9 Å². The SMILES string of the molecule is O=c1[nH]c(Br)nc2c1ncn2[C@H]1C[C@H](O)[C@@H](CO)O1. The third-order valence-corrected chi connectivity index (χ3v) is 3.47. The predicted octanol–water partition coefficient (Wildman–Crippen LogP) is -0.477. The van der Waals surface area contributed by atoms with Crippen LogP contribution in [0.2, 0.25) is 0 Å². The first-order valence-corrected chi connectivity index (χ1v) is 6.46. The minimum Gasteiger partial charge on any atom is -0.394 e. The fraction of sp³-hybridized carbons (Fsp3) is 0.500. The minimum absolute atomic E-state index is 0.203. The predicted molar refractivity (Wildman–Crippen MR) is 67.5 cm³/mol. The lowest BCUT2D eigenvalue weighted by Crippen LogP contribution is -2.24. The summed E-state index contributed by atoms with van der Waals surface area (Å²) in [6.45, 7) is -0.262. The van der Waals surface area contributed by atoms with Crippen LogP contribution in [0.1, 0.15) is 12.6 Å². The Morgan fingerprint density at radius 2 is 2.42 bits per heavy atom. The number of imidazole rings is 1. The zero-order chi connectivity index (χ0) is 13.6. The Labute approximate surface area is 115 Å². The molecule has 0 amide bonds. The fourth-order valence-electron chi connectivity index (χ4n) is 2.16. The highest BCUT2D eigenvalue weighted by molar-refractivity contribution is 9.10.